The van der Waals surface area contributed by atoms with Gasteiger partial charge in [0.05, 0.1) is 5.69 Å². The Labute approximate surface area is 106 Å². The molecule has 0 aliphatic rings. The molecular formula is C10H17N3O2S2. The second-order valence-electron chi connectivity index (χ2n) is 3.65. The predicted octanol–water partition coefficient (Wildman–Crippen LogP) is 1.08. The van der Waals surface area contributed by atoms with E-state index in [1.54, 1.807) is 11.8 Å². The van der Waals surface area contributed by atoms with Gasteiger partial charge in [-0.25, -0.2) is 13.1 Å². The van der Waals surface area contributed by atoms with Crippen LogP contribution in [0, 0.1) is 0 Å². The number of pyridine rings is 1. The van der Waals surface area contributed by atoms with Gasteiger partial charge < -0.3 is 5.73 Å². The van der Waals surface area contributed by atoms with Crippen molar-refractivity contribution in [3.05, 3.63) is 18.5 Å². The molecule has 0 aliphatic carbocycles. The zero-order chi connectivity index (χ0) is 12.9. The minimum Gasteiger partial charge on any atom is -0.398 e. The molecule has 0 spiro atoms. The molecule has 0 aromatic carbocycles. The third-order valence-corrected chi connectivity index (χ3v) is 4.90. The summed E-state index contributed by atoms with van der Waals surface area (Å²) in [5.74, 6) is 0. The van der Waals surface area contributed by atoms with Crippen LogP contribution in [0.3, 0.4) is 0 Å². The molecule has 0 amide bonds. The SMILES string of the molecule is CSC(C)CCNS(=O)(=O)c1cnccc1N. The van der Waals surface area contributed by atoms with Gasteiger partial charge in [-0.3, -0.25) is 4.98 Å². The molecule has 0 saturated carbocycles. The number of nitrogens with one attached hydrogen (secondary N) is 1. The number of hydrogen-bond donors (Lipinski definition) is 2. The fourth-order valence-electron chi connectivity index (χ4n) is 1.21. The maximum absolute atomic E-state index is 11.9. The highest BCUT2D eigenvalue weighted by atomic mass is 32.2. The summed E-state index contributed by atoms with van der Waals surface area (Å²) in [4.78, 5) is 3.81. The lowest BCUT2D eigenvalue weighted by Crippen LogP contribution is -2.27. The fraction of sp³-hybridized carbons (Fsp3) is 0.500. The van der Waals surface area contributed by atoms with Crippen molar-refractivity contribution in [3.8, 4) is 0 Å². The first-order valence-corrected chi connectivity index (χ1v) is 7.96. The van der Waals surface area contributed by atoms with Crippen molar-refractivity contribution in [1.82, 2.24) is 9.71 Å². The highest BCUT2D eigenvalue weighted by Crippen LogP contribution is 2.15. The van der Waals surface area contributed by atoms with Crippen molar-refractivity contribution in [2.24, 2.45) is 0 Å². The standard InChI is InChI=1S/C10H17N3O2S2/c1-8(16-2)3-6-13-17(14,15)10-7-12-5-4-9(10)11/h4-5,7-8,13H,3,6H2,1-2H3,(H2,11,12). The molecule has 17 heavy (non-hydrogen) atoms. The van der Waals surface area contributed by atoms with E-state index in [0.717, 1.165) is 6.42 Å². The maximum atomic E-state index is 11.9. The van der Waals surface area contributed by atoms with Crippen LogP contribution in [0.15, 0.2) is 23.4 Å². The average molecular weight is 275 g/mol. The van der Waals surface area contributed by atoms with Gasteiger partial charge in [0.15, 0.2) is 0 Å². The van der Waals surface area contributed by atoms with Crippen LogP contribution in [0.2, 0.25) is 0 Å². The van der Waals surface area contributed by atoms with E-state index >= 15 is 0 Å². The van der Waals surface area contributed by atoms with E-state index in [9.17, 15) is 8.42 Å². The normalized spacial score (nSPS) is 13.5. The highest BCUT2D eigenvalue weighted by Gasteiger charge is 2.17. The van der Waals surface area contributed by atoms with E-state index in [1.807, 2.05) is 6.26 Å². The smallest absolute Gasteiger partial charge is 0.244 e. The van der Waals surface area contributed by atoms with Crippen molar-refractivity contribution >= 4 is 27.5 Å². The van der Waals surface area contributed by atoms with E-state index < -0.39 is 10.0 Å². The molecule has 1 heterocycles. The van der Waals surface area contributed by atoms with Crippen LogP contribution in [0.25, 0.3) is 0 Å². The minimum atomic E-state index is -3.54. The third kappa shape index (κ3) is 4.18. The molecule has 1 aromatic rings. The van der Waals surface area contributed by atoms with Gasteiger partial charge >= 0.3 is 0 Å². The van der Waals surface area contributed by atoms with E-state index in [2.05, 4.69) is 16.6 Å². The zero-order valence-electron chi connectivity index (χ0n) is 9.88. The van der Waals surface area contributed by atoms with Crippen molar-refractivity contribution in [2.45, 2.75) is 23.5 Å². The first kappa shape index (κ1) is 14.3. The average Bonchev–Trinajstić information content (AvgIpc) is 2.28. The molecule has 0 saturated heterocycles. The molecule has 7 heteroatoms. The molecule has 1 atom stereocenters. The summed E-state index contributed by atoms with van der Waals surface area (Å²) in [5.41, 5.74) is 5.81. The Morgan fingerprint density at radius 3 is 2.88 bits per heavy atom. The van der Waals surface area contributed by atoms with Crippen molar-refractivity contribution in [3.63, 3.8) is 0 Å². The number of rotatable bonds is 6. The van der Waals surface area contributed by atoms with E-state index in [0.29, 0.717) is 11.8 Å². The van der Waals surface area contributed by atoms with Gasteiger partial charge in [-0.05, 0) is 18.7 Å². The Balaban J connectivity index is 2.67. The highest BCUT2D eigenvalue weighted by molar-refractivity contribution is 7.99. The molecule has 96 valence electrons. The molecule has 0 bridgehead atoms. The summed E-state index contributed by atoms with van der Waals surface area (Å²) in [7, 11) is -3.54. The Hall–Kier alpha value is -0.790. The quantitative estimate of drug-likeness (QED) is 0.811. The lowest BCUT2D eigenvalue weighted by molar-refractivity contribution is 0.579. The van der Waals surface area contributed by atoms with Gasteiger partial charge in [-0.1, -0.05) is 6.92 Å². The monoisotopic (exact) mass is 275 g/mol. The third-order valence-electron chi connectivity index (χ3n) is 2.35. The molecular weight excluding hydrogens is 258 g/mol. The van der Waals surface area contributed by atoms with Crippen molar-refractivity contribution < 1.29 is 8.42 Å². The minimum absolute atomic E-state index is 0.0387. The first-order valence-electron chi connectivity index (χ1n) is 5.19. The van der Waals surface area contributed by atoms with E-state index in [4.69, 9.17) is 5.73 Å². The van der Waals surface area contributed by atoms with Crippen LogP contribution < -0.4 is 10.5 Å². The Morgan fingerprint density at radius 2 is 2.29 bits per heavy atom. The van der Waals surface area contributed by atoms with Crippen LogP contribution in [-0.4, -0.2) is 31.5 Å². The van der Waals surface area contributed by atoms with Crippen LogP contribution in [-0.2, 0) is 10.0 Å². The Kier molecular flexibility index (Phi) is 5.23. The molecule has 0 radical (unpaired) electrons. The lowest BCUT2D eigenvalue weighted by atomic mass is 10.3. The maximum Gasteiger partial charge on any atom is 0.244 e. The van der Waals surface area contributed by atoms with Crippen LogP contribution in [0.5, 0.6) is 0 Å². The van der Waals surface area contributed by atoms with E-state index in [1.165, 1.54) is 18.5 Å². The number of aromatic nitrogens is 1. The zero-order valence-corrected chi connectivity index (χ0v) is 11.5. The molecule has 1 unspecified atom stereocenters. The number of nitrogens with zero attached hydrogens (tertiary/aromatic N) is 1. The summed E-state index contributed by atoms with van der Waals surface area (Å²) >= 11 is 1.70. The number of hydrogen-bond acceptors (Lipinski definition) is 5. The molecule has 0 fully saturated rings. The van der Waals surface area contributed by atoms with Crippen LogP contribution in [0.1, 0.15) is 13.3 Å². The summed E-state index contributed by atoms with van der Waals surface area (Å²) in [5, 5.41) is 0.420. The second-order valence-corrected chi connectivity index (χ2v) is 6.66. The van der Waals surface area contributed by atoms with Crippen LogP contribution >= 0.6 is 11.8 Å². The largest absolute Gasteiger partial charge is 0.398 e. The van der Waals surface area contributed by atoms with Gasteiger partial charge in [0.2, 0.25) is 10.0 Å². The molecule has 0 aliphatic heterocycles. The number of nitrogen functional groups attached to an aromatic ring is 1. The Bertz CT molecular complexity index is 462. The molecule has 1 aromatic heterocycles. The van der Waals surface area contributed by atoms with Gasteiger partial charge in [-0.2, -0.15) is 11.8 Å². The number of anilines is 1. The van der Waals surface area contributed by atoms with Crippen molar-refractivity contribution in [2.75, 3.05) is 18.5 Å². The van der Waals surface area contributed by atoms with Gasteiger partial charge in [-0.15, -0.1) is 0 Å². The molecule has 1 rings (SSSR count). The number of thioether (sulfide) groups is 1. The summed E-state index contributed by atoms with van der Waals surface area (Å²) in [6.45, 7) is 2.45. The number of sulfonamides is 1. The van der Waals surface area contributed by atoms with Gasteiger partial charge in [0.25, 0.3) is 0 Å². The Morgan fingerprint density at radius 1 is 1.59 bits per heavy atom. The summed E-state index contributed by atoms with van der Waals surface area (Å²) in [6.07, 6.45) is 5.50. The second kappa shape index (κ2) is 6.23. The summed E-state index contributed by atoms with van der Waals surface area (Å²) in [6, 6.07) is 1.47. The van der Waals surface area contributed by atoms with Crippen molar-refractivity contribution in [1.29, 1.82) is 0 Å². The predicted molar refractivity (Wildman–Crippen MR) is 71.4 cm³/mol. The topological polar surface area (TPSA) is 85.1 Å². The molecule has 3 N–H and O–H groups in total. The first-order chi connectivity index (χ1) is 7.97. The molecule has 5 nitrogen and oxygen atoms in total. The summed E-state index contributed by atoms with van der Waals surface area (Å²) < 4.78 is 26.3. The lowest BCUT2D eigenvalue weighted by Gasteiger charge is -2.10. The number of nitrogens with two attached hydrogens (primary N) is 1. The van der Waals surface area contributed by atoms with Crippen LogP contribution in [0.4, 0.5) is 5.69 Å². The van der Waals surface area contributed by atoms with Gasteiger partial charge in [0.1, 0.15) is 4.90 Å². The van der Waals surface area contributed by atoms with E-state index in [-0.39, 0.29) is 10.6 Å². The van der Waals surface area contributed by atoms with Gasteiger partial charge in [0, 0.05) is 24.2 Å². The fourth-order valence-corrected chi connectivity index (χ4v) is 2.68.